The van der Waals surface area contributed by atoms with Crippen molar-refractivity contribution in [2.75, 3.05) is 19.7 Å². The fraction of sp³-hybridized carbons (Fsp3) is 0.500. The molecule has 1 heterocycles. The number of carbonyl (C=O) groups is 1. The van der Waals surface area contributed by atoms with E-state index in [2.05, 4.69) is 12.6 Å². The molecule has 3 nitrogen and oxygen atoms in total. The number of aryl methyl sites for hydroxylation is 1. The van der Waals surface area contributed by atoms with E-state index in [-0.39, 0.29) is 11.5 Å². The van der Waals surface area contributed by atoms with Gasteiger partial charge in [0.05, 0.1) is 12.2 Å². The summed E-state index contributed by atoms with van der Waals surface area (Å²) in [7, 11) is 0. The van der Waals surface area contributed by atoms with Crippen molar-refractivity contribution in [3.8, 4) is 0 Å². The lowest BCUT2D eigenvalue weighted by molar-refractivity contribution is -0.0764. The Morgan fingerprint density at radius 1 is 1.44 bits per heavy atom. The van der Waals surface area contributed by atoms with Crippen LogP contribution in [0.2, 0.25) is 0 Å². The van der Waals surface area contributed by atoms with Gasteiger partial charge in [-0.1, -0.05) is 6.07 Å². The quantitative estimate of drug-likeness (QED) is 0.791. The van der Waals surface area contributed by atoms with Crippen LogP contribution in [-0.2, 0) is 4.74 Å². The molecule has 1 aliphatic rings. The van der Waals surface area contributed by atoms with Crippen molar-refractivity contribution in [1.82, 2.24) is 4.90 Å². The Bertz CT molecular complexity index is 471. The maximum Gasteiger partial charge on any atom is 0.254 e. The van der Waals surface area contributed by atoms with Crippen molar-refractivity contribution in [1.29, 1.82) is 0 Å². The molecule has 0 aromatic heterocycles. The van der Waals surface area contributed by atoms with Crippen LogP contribution in [0.4, 0.5) is 0 Å². The van der Waals surface area contributed by atoms with Crippen LogP contribution in [-0.4, -0.2) is 36.1 Å². The summed E-state index contributed by atoms with van der Waals surface area (Å²) in [5.41, 5.74) is 1.46. The molecule has 1 aromatic rings. The third-order valence-electron chi connectivity index (χ3n) is 3.16. The van der Waals surface area contributed by atoms with Gasteiger partial charge in [-0.15, -0.1) is 12.6 Å². The Balaban J connectivity index is 2.23. The summed E-state index contributed by atoms with van der Waals surface area (Å²) in [4.78, 5) is 15.2. The van der Waals surface area contributed by atoms with Gasteiger partial charge in [0.2, 0.25) is 0 Å². The Labute approximate surface area is 114 Å². The second-order valence-electron chi connectivity index (χ2n) is 5.33. The van der Waals surface area contributed by atoms with Gasteiger partial charge in [-0.05, 0) is 38.5 Å². The van der Waals surface area contributed by atoms with Crippen LogP contribution in [0.15, 0.2) is 23.1 Å². The highest BCUT2D eigenvalue weighted by molar-refractivity contribution is 7.80. The van der Waals surface area contributed by atoms with Crippen LogP contribution in [0.5, 0.6) is 0 Å². The van der Waals surface area contributed by atoms with Crippen molar-refractivity contribution in [3.63, 3.8) is 0 Å². The summed E-state index contributed by atoms with van der Waals surface area (Å²) in [6.07, 6.45) is 0. The summed E-state index contributed by atoms with van der Waals surface area (Å²) in [5.74, 6) is 0.0692. The lowest BCUT2D eigenvalue weighted by Gasteiger charge is -2.38. The molecule has 4 heteroatoms. The van der Waals surface area contributed by atoms with Crippen molar-refractivity contribution in [2.45, 2.75) is 31.3 Å². The van der Waals surface area contributed by atoms with Crippen LogP contribution >= 0.6 is 12.6 Å². The average Bonchev–Trinajstić information content (AvgIpc) is 2.30. The molecular formula is C14H19NO2S. The number of rotatable bonds is 1. The topological polar surface area (TPSA) is 29.5 Å². The lowest BCUT2D eigenvalue weighted by Crippen LogP contribution is -2.50. The van der Waals surface area contributed by atoms with E-state index in [0.29, 0.717) is 19.7 Å². The Hall–Kier alpha value is -1.00. The van der Waals surface area contributed by atoms with E-state index in [1.165, 1.54) is 0 Å². The van der Waals surface area contributed by atoms with E-state index in [9.17, 15) is 4.79 Å². The Morgan fingerprint density at radius 3 is 2.83 bits per heavy atom. The average molecular weight is 265 g/mol. The number of thiol groups is 1. The summed E-state index contributed by atoms with van der Waals surface area (Å²) < 4.78 is 5.63. The normalized spacial score (nSPS) is 18.8. The van der Waals surface area contributed by atoms with Crippen molar-refractivity contribution in [3.05, 3.63) is 29.3 Å². The minimum Gasteiger partial charge on any atom is -0.372 e. The fourth-order valence-electron chi connectivity index (χ4n) is 2.20. The number of morpholine rings is 1. The van der Waals surface area contributed by atoms with E-state index >= 15 is 0 Å². The van der Waals surface area contributed by atoms with Gasteiger partial charge in [0.1, 0.15) is 0 Å². The van der Waals surface area contributed by atoms with Crippen LogP contribution < -0.4 is 0 Å². The van der Waals surface area contributed by atoms with Crippen LogP contribution in [0.1, 0.15) is 29.8 Å². The Morgan fingerprint density at radius 2 is 2.17 bits per heavy atom. The van der Waals surface area contributed by atoms with Crippen molar-refractivity contribution in [2.24, 2.45) is 0 Å². The first-order chi connectivity index (χ1) is 8.39. The molecule has 1 aliphatic heterocycles. The molecule has 0 bridgehead atoms. The highest BCUT2D eigenvalue weighted by Crippen LogP contribution is 2.21. The largest absolute Gasteiger partial charge is 0.372 e. The molecule has 98 valence electrons. The van der Waals surface area contributed by atoms with Gasteiger partial charge in [-0.25, -0.2) is 0 Å². The number of ether oxygens (including phenoxy) is 1. The molecule has 0 saturated carbocycles. The lowest BCUT2D eigenvalue weighted by atomic mass is 10.0. The summed E-state index contributed by atoms with van der Waals surface area (Å²) >= 11 is 4.30. The molecule has 1 aromatic carbocycles. The first kappa shape index (κ1) is 13.4. The predicted octanol–water partition coefficient (Wildman–Crippen LogP) is 2.53. The van der Waals surface area contributed by atoms with Gasteiger partial charge in [-0.3, -0.25) is 4.79 Å². The van der Waals surface area contributed by atoms with Gasteiger partial charge < -0.3 is 9.64 Å². The van der Waals surface area contributed by atoms with E-state index < -0.39 is 0 Å². The van der Waals surface area contributed by atoms with E-state index in [0.717, 1.165) is 16.0 Å². The number of amides is 1. The summed E-state index contributed by atoms with van der Waals surface area (Å²) in [5, 5.41) is 0. The highest BCUT2D eigenvalue weighted by atomic mass is 32.1. The van der Waals surface area contributed by atoms with Gasteiger partial charge in [-0.2, -0.15) is 0 Å². The van der Waals surface area contributed by atoms with Gasteiger partial charge in [0.15, 0.2) is 0 Å². The van der Waals surface area contributed by atoms with Crippen LogP contribution in [0, 0.1) is 6.92 Å². The number of nitrogens with zero attached hydrogens (tertiary/aromatic N) is 1. The molecule has 0 aliphatic carbocycles. The molecule has 2 rings (SSSR count). The van der Waals surface area contributed by atoms with Gasteiger partial charge in [0.25, 0.3) is 5.91 Å². The number of hydrogen-bond donors (Lipinski definition) is 1. The van der Waals surface area contributed by atoms with Crippen molar-refractivity contribution >= 4 is 18.5 Å². The molecule has 0 spiro atoms. The second kappa shape index (κ2) is 4.94. The van der Waals surface area contributed by atoms with Gasteiger partial charge in [0, 0.05) is 23.5 Å². The first-order valence-corrected chi connectivity index (χ1v) is 6.57. The molecule has 1 amide bonds. The monoisotopic (exact) mass is 265 g/mol. The standard InChI is InChI=1S/C14H19NO2S/c1-10-4-5-11(18)8-12(10)13(16)15-6-7-17-14(2,3)9-15/h4-5,8,18H,6-7,9H2,1-3H3. The predicted molar refractivity (Wildman–Crippen MR) is 74.4 cm³/mol. The van der Waals surface area contributed by atoms with Gasteiger partial charge >= 0.3 is 0 Å². The second-order valence-corrected chi connectivity index (χ2v) is 5.85. The maximum absolute atomic E-state index is 12.5. The fourth-order valence-corrected chi connectivity index (χ4v) is 2.40. The van der Waals surface area contributed by atoms with E-state index in [1.807, 2.05) is 43.9 Å². The molecule has 0 unspecified atom stereocenters. The molecule has 0 N–H and O–H groups in total. The summed E-state index contributed by atoms with van der Waals surface area (Å²) in [6, 6.07) is 5.67. The van der Waals surface area contributed by atoms with E-state index in [4.69, 9.17) is 4.74 Å². The minimum absolute atomic E-state index is 0.0692. The zero-order valence-electron chi connectivity index (χ0n) is 11.1. The maximum atomic E-state index is 12.5. The highest BCUT2D eigenvalue weighted by Gasteiger charge is 2.30. The SMILES string of the molecule is Cc1ccc(S)cc1C(=O)N1CCOC(C)(C)C1. The third-order valence-corrected chi connectivity index (χ3v) is 3.44. The first-order valence-electron chi connectivity index (χ1n) is 6.12. The molecule has 1 saturated heterocycles. The molecule has 0 atom stereocenters. The van der Waals surface area contributed by atoms with E-state index in [1.54, 1.807) is 0 Å². The molecule has 1 fully saturated rings. The zero-order valence-corrected chi connectivity index (χ0v) is 12.0. The van der Waals surface area contributed by atoms with Crippen LogP contribution in [0.25, 0.3) is 0 Å². The summed E-state index contributed by atoms with van der Waals surface area (Å²) in [6.45, 7) is 7.84. The number of hydrogen-bond acceptors (Lipinski definition) is 3. The molecule has 0 radical (unpaired) electrons. The Kier molecular flexibility index (Phi) is 3.69. The smallest absolute Gasteiger partial charge is 0.254 e. The minimum atomic E-state index is -0.264. The van der Waals surface area contributed by atoms with Crippen molar-refractivity contribution < 1.29 is 9.53 Å². The van der Waals surface area contributed by atoms with Crippen LogP contribution in [0.3, 0.4) is 0 Å². The number of benzene rings is 1. The zero-order chi connectivity index (χ0) is 13.3. The molecule has 18 heavy (non-hydrogen) atoms. The third kappa shape index (κ3) is 2.87. The molecular weight excluding hydrogens is 246 g/mol. The number of carbonyl (C=O) groups excluding carboxylic acids is 1.